The van der Waals surface area contributed by atoms with Gasteiger partial charge in [-0.3, -0.25) is 0 Å². The third-order valence-corrected chi connectivity index (χ3v) is 14.3. The number of benzene rings is 1. The van der Waals surface area contributed by atoms with Gasteiger partial charge in [-0.1, -0.05) is 102 Å². The predicted molar refractivity (Wildman–Crippen MR) is 162 cm³/mol. The molecule has 0 nitrogen and oxygen atoms in total. The molecule has 5 saturated carbocycles. The molecule has 0 heterocycles. The van der Waals surface area contributed by atoms with Crippen LogP contribution in [-0.2, 0) is 0 Å². The van der Waals surface area contributed by atoms with Crippen molar-refractivity contribution < 1.29 is 0 Å². The van der Waals surface area contributed by atoms with Crippen molar-refractivity contribution in [2.45, 2.75) is 139 Å². The Morgan fingerprint density at radius 1 is 0.622 bits per heavy atom. The first-order valence-corrected chi connectivity index (χ1v) is 17.8. The van der Waals surface area contributed by atoms with Gasteiger partial charge in [-0.15, -0.1) is 0 Å². The first kappa shape index (κ1) is 26.8. The number of hydrogen-bond donors (Lipinski definition) is 0. The zero-order valence-corrected chi connectivity index (χ0v) is 25.0. The average molecular weight is 521 g/mol. The van der Waals surface area contributed by atoms with Crippen LogP contribution in [0.15, 0.2) is 30.3 Å². The van der Waals surface area contributed by atoms with Gasteiger partial charge in [0.15, 0.2) is 0 Å². The van der Waals surface area contributed by atoms with Crippen molar-refractivity contribution in [2.75, 3.05) is 0 Å². The molecule has 0 aliphatic heterocycles. The van der Waals surface area contributed by atoms with Crippen LogP contribution >= 0.6 is 11.8 Å². The molecule has 0 aromatic heterocycles. The summed E-state index contributed by atoms with van der Waals surface area (Å²) >= 11 is 2.58. The van der Waals surface area contributed by atoms with E-state index in [-0.39, 0.29) is 0 Å². The lowest BCUT2D eigenvalue weighted by Gasteiger charge is -2.35. The quantitative estimate of drug-likeness (QED) is 0.328. The van der Waals surface area contributed by atoms with Gasteiger partial charge in [-0.25, -0.2) is 0 Å². The predicted octanol–water partition coefficient (Wildman–Crippen LogP) is 10.9. The Kier molecular flexibility index (Phi) is 8.97. The van der Waals surface area contributed by atoms with Crippen LogP contribution in [0.1, 0.15) is 134 Å². The standard InChI is InChI=1S/C36H56S/c1-25(27-13-5-3-6-14-27)21-29-23-35(33-19-11-9-17-31(29)33)37-36-24-30(32-18-10-12-20-34(32)36)22-26(2)28-15-7-4-8-16-28/h3,5-6,13-14,25-26,28-36H,4,7-12,15-24H2,1-2H3. The second-order valence-electron chi connectivity index (χ2n) is 14.6. The maximum atomic E-state index is 2.65. The fourth-order valence-electron chi connectivity index (χ4n) is 10.6. The zero-order valence-electron chi connectivity index (χ0n) is 24.2. The third-order valence-electron chi connectivity index (χ3n) is 12.5. The minimum absolute atomic E-state index is 0.720. The maximum absolute atomic E-state index is 2.65. The molecular weight excluding hydrogens is 464 g/mol. The summed E-state index contributed by atoms with van der Waals surface area (Å²) in [6.07, 6.45) is 26.0. The van der Waals surface area contributed by atoms with Gasteiger partial charge in [0.1, 0.15) is 0 Å². The summed E-state index contributed by atoms with van der Waals surface area (Å²) in [5.41, 5.74) is 1.57. The minimum atomic E-state index is 0.720. The van der Waals surface area contributed by atoms with Gasteiger partial charge in [-0.2, -0.15) is 11.8 Å². The molecule has 1 aromatic carbocycles. The van der Waals surface area contributed by atoms with E-state index in [2.05, 4.69) is 55.9 Å². The van der Waals surface area contributed by atoms with E-state index in [4.69, 9.17) is 0 Å². The van der Waals surface area contributed by atoms with Gasteiger partial charge >= 0.3 is 0 Å². The van der Waals surface area contributed by atoms with E-state index in [1.807, 2.05) is 0 Å². The summed E-state index contributed by atoms with van der Waals surface area (Å²) in [5, 5.41) is 1.96. The first-order valence-electron chi connectivity index (χ1n) is 16.9. The van der Waals surface area contributed by atoms with Gasteiger partial charge < -0.3 is 0 Å². The molecule has 37 heavy (non-hydrogen) atoms. The van der Waals surface area contributed by atoms with E-state index in [1.54, 1.807) is 37.7 Å². The van der Waals surface area contributed by atoms with E-state index in [0.717, 1.165) is 63.8 Å². The molecule has 5 aliphatic carbocycles. The van der Waals surface area contributed by atoms with Crippen LogP contribution in [0.5, 0.6) is 0 Å². The molecule has 5 fully saturated rings. The van der Waals surface area contributed by atoms with Crippen LogP contribution in [0.4, 0.5) is 0 Å². The molecule has 206 valence electrons. The van der Waals surface area contributed by atoms with Crippen molar-refractivity contribution in [1.82, 2.24) is 0 Å². The largest absolute Gasteiger partial charge is 0.155 e. The van der Waals surface area contributed by atoms with Crippen LogP contribution in [0.2, 0.25) is 0 Å². The Morgan fingerprint density at radius 3 is 1.73 bits per heavy atom. The Hall–Kier alpha value is -0.430. The van der Waals surface area contributed by atoms with Crippen LogP contribution in [0.25, 0.3) is 0 Å². The second-order valence-corrected chi connectivity index (χ2v) is 16.1. The Balaban J connectivity index is 1.11. The summed E-state index contributed by atoms with van der Waals surface area (Å²) < 4.78 is 0. The van der Waals surface area contributed by atoms with Crippen molar-refractivity contribution in [3.63, 3.8) is 0 Å². The van der Waals surface area contributed by atoms with Crippen molar-refractivity contribution in [1.29, 1.82) is 0 Å². The van der Waals surface area contributed by atoms with E-state index in [9.17, 15) is 0 Å². The summed E-state index contributed by atoms with van der Waals surface area (Å²) in [7, 11) is 0. The number of fused-ring (bicyclic) bond motifs is 2. The fourth-order valence-corrected chi connectivity index (χ4v) is 12.8. The SMILES string of the molecule is CC(CC1CC(SC2CC(CC(C)C3CCCCC3)C3CCCCC23)C2CCCCC12)c1ccccc1. The Bertz CT molecular complexity index is 826. The van der Waals surface area contributed by atoms with E-state index in [1.165, 1.54) is 77.0 Å². The molecule has 10 unspecified atom stereocenters. The maximum Gasteiger partial charge on any atom is 0.00836 e. The van der Waals surface area contributed by atoms with Crippen LogP contribution in [0, 0.1) is 47.3 Å². The molecule has 0 spiro atoms. The summed E-state index contributed by atoms with van der Waals surface area (Å²) in [6, 6.07) is 11.4. The van der Waals surface area contributed by atoms with Crippen molar-refractivity contribution in [3.8, 4) is 0 Å². The van der Waals surface area contributed by atoms with Crippen molar-refractivity contribution >= 4 is 11.8 Å². The number of rotatable bonds is 8. The molecule has 0 bridgehead atoms. The van der Waals surface area contributed by atoms with Gasteiger partial charge in [0, 0.05) is 10.5 Å². The molecule has 10 atom stereocenters. The van der Waals surface area contributed by atoms with Crippen LogP contribution in [-0.4, -0.2) is 10.5 Å². The molecular formula is C36H56S. The highest BCUT2D eigenvalue weighted by Gasteiger charge is 2.49. The zero-order chi connectivity index (χ0) is 25.2. The molecule has 0 radical (unpaired) electrons. The van der Waals surface area contributed by atoms with E-state index >= 15 is 0 Å². The van der Waals surface area contributed by atoms with Gasteiger partial charge in [0.05, 0.1) is 0 Å². The molecule has 6 rings (SSSR count). The smallest absolute Gasteiger partial charge is 0.00836 e. The van der Waals surface area contributed by atoms with Crippen molar-refractivity contribution in [3.05, 3.63) is 35.9 Å². The lowest BCUT2D eigenvalue weighted by Crippen LogP contribution is -2.27. The lowest BCUT2D eigenvalue weighted by atomic mass is 9.72. The topological polar surface area (TPSA) is 0 Å². The average Bonchev–Trinajstić information content (AvgIpc) is 3.47. The minimum Gasteiger partial charge on any atom is -0.155 e. The Labute approximate surface area is 233 Å². The summed E-state index contributed by atoms with van der Waals surface area (Å²) in [4.78, 5) is 0. The molecule has 1 heteroatoms. The highest BCUT2D eigenvalue weighted by atomic mass is 32.2. The monoisotopic (exact) mass is 520 g/mol. The van der Waals surface area contributed by atoms with E-state index < -0.39 is 0 Å². The lowest BCUT2D eigenvalue weighted by molar-refractivity contribution is 0.171. The molecule has 0 saturated heterocycles. The van der Waals surface area contributed by atoms with Crippen LogP contribution < -0.4 is 0 Å². The van der Waals surface area contributed by atoms with Crippen molar-refractivity contribution in [2.24, 2.45) is 47.3 Å². The normalized spacial score (nSPS) is 40.2. The number of thioether (sulfide) groups is 1. The highest BCUT2D eigenvalue weighted by molar-refractivity contribution is 8.00. The second kappa shape index (κ2) is 12.4. The fraction of sp³-hybridized carbons (Fsp3) is 0.833. The Morgan fingerprint density at radius 2 is 1.14 bits per heavy atom. The first-order chi connectivity index (χ1) is 18.2. The van der Waals surface area contributed by atoms with E-state index in [0.29, 0.717) is 0 Å². The summed E-state index contributed by atoms with van der Waals surface area (Å²) in [5.74, 6) is 8.99. The molecule has 0 amide bonds. The highest BCUT2D eigenvalue weighted by Crippen LogP contribution is 2.58. The third kappa shape index (κ3) is 6.02. The molecule has 0 N–H and O–H groups in total. The molecule has 1 aromatic rings. The summed E-state index contributed by atoms with van der Waals surface area (Å²) in [6.45, 7) is 5.16. The van der Waals surface area contributed by atoms with Gasteiger partial charge in [0.25, 0.3) is 0 Å². The van der Waals surface area contributed by atoms with Crippen LogP contribution in [0.3, 0.4) is 0 Å². The molecule has 5 aliphatic rings. The van der Waals surface area contributed by atoms with Gasteiger partial charge in [-0.05, 0) is 110 Å². The van der Waals surface area contributed by atoms with Gasteiger partial charge in [0.2, 0.25) is 0 Å². The number of hydrogen-bond acceptors (Lipinski definition) is 1.